The van der Waals surface area contributed by atoms with Gasteiger partial charge in [-0.15, -0.1) is 11.3 Å². The average Bonchev–Trinajstić information content (AvgIpc) is 3.85. The van der Waals surface area contributed by atoms with Crippen LogP contribution >= 0.6 is 11.3 Å². The summed E-state index contributed by atoms with van der Waals surface area (Å²) < 4.78 is 9.05. The van der Waals surface area contributed by atoms with Gasteiger partial charge in [0.1, 0.15) is 11.2 Å². The normalized spacial score (nSPS) is 11.9. The number of furan rings is 1. The van der Waals surface area contributed by atoms with E-state index in [0.29, 0.717) is 17.5 Å². The van der Waals surface area contributed by atoms with Crippen LogP contribution in [0, 0.1) is 0 Å². The maximum Gasteiger partial charge on any atom is 0.165 e. The lowest BCUT2D eigenvalue weighted by Crippen LogP contribution is -2.00. The van der Waals surface area contributed by atoms with E-state index in [9.17, 15) is 0 Å². The third-order valence-corrected chi connectivity index (χ3v) is 12.3. The lowest BCUT2D eigenvalue weighted by atomic mass is 9.91. The first-order valence-corrected chi connectivity index (χ1v) is 19.6. The van der Waals surface area contributed by atoms with Gasteiger partial charge in [-0.3, -0.25) is 0 Å². The van der Waals surface area contributed by atoms with Crippen molar-refractivity contribution in [3.8, 4) is 45.3 Å². The van der Waals surface area contributed by atoms with Gasteiger partial charge in [0, 0.05) is 47.6 Å². The molecule has 0 radical (unpaired) electrons. The van der Waals surface area contributed by atoms with Crippen molar-refractivity contribution >= 4 is 85.8 Å². The first kappa shape index (κ1) is 31.2. The molecular weight excluding hydrogens is 703 g/mol. The number of aromatic nitrogens is 3. The average molecular weight is 732 g/mol. The molecule has 0 aliphatic rings. The minimum atomic E-state index is 0.600. The Bertz CT molecular complexity index is 3510. The molecule has 0 saturated heterocycles. The van der Waals surface area contributed by atoms with Gasteiger partial charge >= 0.3 is 0 Å². The molecule has 0 saturated carbocycles. The van der Waals surface area contributed by atoms with E-state index < -0.39 is 0 Å². The van der Waals surface area contributed by atoms with Gasteiger partial charge in [-0.05, 0) is 79.8 Å². The molecule has 0 spiro atoms. The predicted octanol–water partition coefficient (Wildman–Crippen LogP) is 14.3. The minimum Gasteiger partial charge on any atom is -0.456 e. The molecule has 3 aromatic heterocycles. The molecule has 9 aromatic carbocycles. The fourth-order valence-electron chi connectivity index (χ4n) is 8.55. The maximum atomic E-state index is 6.64. The lowest BCUT2D eigenvalue weighted by Gasteiger charge is -2.12. The van der Waals surface area contributed by atoms with Gasteiger partial charge in [-0.2, -0.15) is 0 Å². The molecule has 260 valence electrons. The Morgan fingerprint density at radius 3 is 1.70 bits per heavy atom. The Kier molecular flexibility index (Phi) is 6.76. The number of thiophene rings is 1. The van der Waals surface area contributed by atoms with Crippen LogP contribution in [-0.4, -0.2) is 15.0 Å². The van der Waals surface area contributed by atoms with Gasteiger partial charge in [-0.1, -0.05) is 140 Å². The summed E-state index contributed by atoms with van der Waals surface area (Å²) in [7, 11) is 0. The molecule has 4 nitrogen and oxygen atoms in total. The summed E-state index contributed by atoms with van der Waals surface area (Å²) in [6, 6.07) is 62.1. The van der Waals surface area contributed by atoms with E-state index in [0.717, 1.165) is 49.8 Å². The van der Waals surface area contributed by atoms with Gasteiger partial charge in [0.25, 0.3) is 0 Å². The molecule has 0 amide bonds. The van der Waals surface area contributed by atoms with Gasteiger partial charge < -0.3 is 4.42 Å². The molecule has 12 aromatic rings. The minimum absolute atomic E-state index is 0.600. The summed E-state index contributed by atoms with van der Waals surface area (Å²) in [6.45, 7) is 0. The van der Waals surface area contributed by atoms with Crippen LogP contribution in [0.5, 0.6) is 0 Å². The molecule has 0 unspecified atom stereocenters. The SMILES string of the molecule is c1ccc(-c2nc(-c3ccc4c(c3)oc3cccc(-c5ccc6c7ccccc7c7ccccc7c6c5)c34)nc(-c3cccc4c3sc3ccccc34)n2)cc1. The summed E-state index contributed by atoms with van der Waals surface area (Å²) in [5, 5.41) is 12.2. The van der Waals surface area contributed by atoms with Gasteiger partial charge in [0.05, 0.1) is 0 Å². The number of rotatable bonds is 4. The van der Waals surface area contributed by atoms with E-state index in [1.54, 1.807) is 11.3 Å². The van der Waals surface area contributed by atoms with Crippen LogP contribution in [0.2, 0.25) is 0 Å². The summed E-state index contributed by atoms with van der Waals surface area (Å²) in [6.07, 6.45) is 0. The number of hydrogen-bond donors (Lipinski definition) is 0. The Hall–Kier alpha value is -7.21. The summed E-state index contributed by atoms with van der Waals surface area (Å²) in [5.74, 6) is 1.88. The summed E-state index contributed by atoms with van der Waals surface area (Å²) in [5.41, 5.74) is 6.72. The molecule has 0 bridgehead atoms. The molecule has 12 rings (SSSR count). The van der Waals surface area contributed by atoms with Crippen LogP contribution in [-0.2, 0) is 0 Å². The molecule has 56 heavy (non-hydrogen) atoms. The highest BCUT2D eigenvalue weighted by atomic mass is 32.1. The quantitative estimate of drug-likeness (QED) is 0.169. The lowest BCUT2D eigenvalue weighted by molar-refractivity contribution is 0.669. The van der Waals surface area contributed by atoms with E-state index in [2.05, 4.69) is 146 Å². The van der Waals surface area contributed by atoms with Crippen LogP contribution in [0.25, 0.3) is 120 Å². The molecule has 3 heterocycles. The zero-order valence-electron chi connectivity index (χ0n) is 29.9. The molecule has 0 N–H and O–H groups in total. The highest BCUT2D eigenvalue weighted by Crippen LogP contribution is 2.43. The highest BCUT2D eigenvalue weighted by Gasteiger charge is 2.19. The van der Waals surface area contributed by atoms with E-state index in [1.165, 1.54) is 52.5 Å². The largest absolute Gasteiger partial charge is 0.456 e. The van der Waals surface area contributed by atoms with Crippen molar-refractivity contribution in [2.24, 2.45) is 0 Å². The molecular formula is C51H29N3OS. The van der Waals surface area contributed by atoms with Crippen molar-refractivity contribution in [1.82, 2.24) is 15.0 Å². The fourth-order valence-corrected chi connectivity index (χ4v) is 9.76. The second-order valence-corrected chi connectivity index (χ2v) is 15.3. The molecule has 0 fully saturated rings. The highest BCUT2D eigenvalue weighted by molar-refractivity contribution is 7.26. The van der Waals surface area contributed by atoms with E-state index in [1.807, 2.05) is 30.3 Å². The Morgan fingerprint density at radius 1 is 0.339 bits per heavy atom. The summed E-state index contributed by atoms with van der Waals surface area (Å²) >= 11 is 1.78. The topological polar surface area (TPSA) is 51.8 Å². The zero-order chi connectivity index (χ0) is 36.7. The van der Waals surface area contributed by atoms with Crippen molar-refractivity contribution in [3.63, 3.8) is 0 Å². The van der Waals surface area contributed by atoms with Gasteiger partial charge in [0.15, 0.2) is 17.5 Å². The van der Waals surface area contributed by atoms with Crippen LogP contribution in [0.4, 0.5) is 0 Å². The van der Waals surface area contributed by atoms with Crippen LogP contribution in [0.1, 0.15) is 0 Å². The monoisotopic (exact) mass is 731 g/mol. The van der Waals surface area contributed by atoms with E-state index in [-0.39, 0.29) is 0 Å². The Labute approximate surface area is 325 Å². The Balaban J connectivity index is 1.03. The number of fused-ring (bicyclic) bond motifs is 12. The van der Waals surface area contributed by atoms with Crippen molar-refractivity contribution in [1.29, 1.82) is 0 Å². The first-order chi connectivity index (χ1) is 27.7. The number of benzene rings is 9. The zero-order valence-corrected chi connectivity index (χ0v) is 30.7. The Morgan fingerprint density at radius 2 is 0.911 bits per heavy atom. The number of nitrogens with zero attached hydrogens (tertiary/aromatic N) is 3. The third-order valence-electron chi connectivity index (χ3n) is 11.1. The van der Waals surface area contributed by atoms with Crippen molar-refractivity contribution in [2.45, 2.75) is 0 Å². The molecule has 0 atom stereocenters. The third kappa shape index (κ3) is 4.75. The van der Waals surface area contributed by atoms with Crippen molar-refractivity contribution in [3.05, 3.63) is 176 Å². The van der Waals surface area contributed by atoms with E-state index in [4.69, 9.17) is 19.4 Å². The molecule has 0 aliphatic heterocycles. The van der Waals surface area contributed by atoms with Crippen LogP contribution < -0.4 is 0 Å². The maximum absolute atomic E-state index is 6.64. The second-order valence-electron chi connectivity index (χ2n) is 14.3. The standard InChI is InChI=1S/C51H29N3OS/c1-2-12-30(13-3-1)49-52-50(54-51(53-49)42-21-10-20-40-39-18-8-9-23-46(39)56-48(40)42)32-25-27-41-45(29-32)55-44-22-11-19-33(47(41)44)31-24-26-38-36-16-5-4-14-34(36)35-15-6-7-17-37(35)43(38)28-31/h1-29H. The van der Waals surface area contributed by atoms with Crippen LogP contribution in [0.3, 0.4) is 0 Å². The summed E-state index contributed by atoms with van der Waals surface area (Å²) in [4.78, 5) is 15.3. The van der Waals surface area contributed by atoms with Crippen molar-refractivity contribution < 1.29 is 4.42 Å². The van der Waals surface area contributed by atoms with E-state index >= 15 is 0 Å². The second kappa shape index (κ2) is 12.2. The first-order valence-electron chi connectivity index (χ1n) is 18.8. The van der Waals surface area contributed by atoms with Crippen molar-refractivity contribution in [2.75, 3.05) is 0 Å². The molecule has 0 aliphatic carbocycles. The predicted molar refractivity (Wildman–Crippen MR) is 234 cm³/mol. The van der Waals surface area contributed by atoms with Crippen LogP contribution in [0.15, 0.2) is 180 Å². The smallest absolute Gasteiger partial charge is 0.165 e. The van der Waals surface area contributed by atoms with Gasteiger partial charge in [-0.25, -0.2) is 15.0 Å². The van der Waals surface area contributed by atoms with Gasteiger partial charge in [0.2, 0.25) is 0 Å². The number of hydrogen-bond acceptors (Lipinski definition) is 5. The molecule has 5 heteroatoms. The fraction of sp³-hybridized carbons (Fsp3) is 0.